The molecule has 0 aliphatic carbocycles. The van der Waals surface area contributed by atoms with Gasteiger partial charge in [0.25, 0.3) is 5.91 Å². The average molecular weight is 545 g/mol. The van der Waals surface area contributed by atoms with E-state index in [1.54, 1.807) is 0 Å². The molecule has 4 rings (SSSR count). The number of sulfonamides is 1. The molecule has 196 valence electrons. The van der Waals surface area contributed by atoms with Crippen molar-refractivity contribution in [2.24, 2.45) is 5.92 Å². The first kappa shape index (κ1) is 27.7. The van der Waals surface area contributed by atoms with E-state index in [0.29, 0.717) is 5.56 Å². The van der Waals surface area contributed by atoms with Gasteiger partial charge in [0.15, 0.2) is 0 Å². The molecule has 0 saturated carbocycles. The van der Waals surface area contributed by atoms with Crippen molar-refractivity contribution in [3.8, 4) is 0 Å². The highest BCUT2D eigenvalue weighted by Gasteiger charge is 2.27. The van der Waals surface area contributed by atoms with Gasteiger partial charge >= 0.3 is 0 Å². The molecular weight excluding hydrogens is 511 g/mol. The van der Waals surface area contributed by atoms with E-state index in [-0.39, 0.29) is 24.1 Å². The highest BCUT2D eigenvalue weighted by atomic mass is 32.2. The molecule has 4 aromatic carbocycles. The molecule has 1 amide bonds. The van der Waals surface area contributed by atoms with E-state index in [1.165, 1.54) is 0 Å². The van der Waals surface area contributed by atoms with Crippen molar-refractivity contribution in [3.05, 3.63) is 126 Å². The van der Waals surface area contributed by atoms with Crippen LogP contribution in [0.4, 0.5) is 0 Å². The first-order chi connectivity index (χ1) is 18.3. The number of hydrogen-bond acceptors (Lipinski definition) is 3. The minimum atomic E-state index is -3.62. The first-order valence-corrected chi connectivity index (χ1v) is 15.6. The number of nitrogens with one attached hydrogen (secondary N) is 2. The summed E-state index contributed by atoms with van der Waals surface area (Å²) >= 11 is 0. The van der Waals surface area contributed by atoms with Crippen LogP contribution < -0.4 is 26.0 Å². The summed E-state index contributed by atoms with van der Waals surface area (Å²) in [5.74, 6) is -0.543. The van der Waals surface area contributed by atoms with Crippen molar-refractivity contribution in [1.82, 2.24) is 10.0 Å². The molecule has 0 spiro atoms. The van der Waals surface area contributed by atoms with Gasteiger partial charge in [-0.3, -0.25) is 4.79 Å². The Balaban J connectivity index is 1.58. The summed E-state index contributed by atoms with van der Waals surface area (Å²) in [7, 11) is -4.61. The van der Waals surface area contributed by atoms with Gasteiger partial charge < -0.3 is 5.32 Å². The Kier molecular flexibility index (Phi) is 9.46. The van der Waals surface area contributed by atoms with Gasteiger partial charge in [-0.25, -0.2) is 13.1 Å². The summed E-state index contributed by atoms with van der Waals surface area (Å²) in [6.45, 7) is 4.05. The van der Waals surface area contributed by atoms with E-state index < -0.39 is 24.0 Å². The lowest BCUT2D eigenvalue weighted by Crippen LogP contribution is -2.46. The number of rotatable bonds is 11. The second-order valence-corrected chi connectivity index (χ2v) is 13.5. The molecule has 0 bridgehead atoms. The van der Waals surface area contributed by atoms with Crippen molar-refractivity contribution < 1.29 is 13.2 Å². The third-order valence-electron chi connectivity index (χ3n) is 6.28. The molecule has 1 atom stereocenters. The maximum absolute atomic E-state index is 13.7. The van der Waals surface area contributed by atoms with Crippen LogP contribution in [0, 0.1) is 5.92 Å². The van der Waals surface area contributed by atoms with E-state index in [4.69, 9.17) is 0 Å². The SMILES string of the molecule is CC(C)[C@@H](CS(=O)(=O)NCc1ccccc1)NC(=O)c1ccccc1P(c1ccccc1)c1ccccc1. The Morgan fingerprint density at radius 2 is 1.24 bits per heavy atom. The molecule has 5 nitrogen and oxygen atoms in total. The third kappa shape index (κ3) is 7.38. The van der Waals surface area contributed by atoms with Crippen molar-refractivity contribution in [2.45, 2.75) is 26.4 Å². The third-order valence-corrected chi connectivity index (χ3v) is 10.2. The summed E-state index contributed by atoms with van der Waals surface area (Å²) in [5.41, 5.74) is 1.44. The van der Waals surface area contributed by atoms with Gasteiger partial charge in [0.2, 0.25) is 10.0 Å². The maximum Gasteiger partial charge on any atom is 0.252 e. The van der Waals surface area contributed by atoms with Gasteiger partial charge in [-0.15, -0.1) is 0 Å². The number of carbonyl (C=O) groups excluding carboxylic acids is 1. The molecule has 0 aromatic heterocycles. The van der Waals surface area contributed by atoms with Crippen LogP contribution in [0.3, 0.4) is 0 Å². The number of carbonyl (C=O) groups is 1. The Bertz CT molecular complexity index is 1390. The van der Waals surface area contributed by atoms with Crippen LogP contribution >= 0.6 is 7.92 Å². The molecule has 4 aromatic rings. The van der Waals surface area contributed by atoms with E-state index in [0.717, 1.165) is 21.5 Å². The molecule has 38 heavy (non-hydrogen) atoms. The molecule has 0 saturated heterocycles. The lowest BCUT2D eigenvalue weighted by molar-refractivity contribution is 0.0932. The van der Waals surface area contributed by atoms with Gasteiger partial charge in [-0.05, 0) is 41.4 Å². The second kappa shape index (κ2) is 13.0. The van der Waals surface area contributed by atoms with Crippen LogP contribution in [-0.4, -0.2) is 26.1 Å². The van der Waals surface area contributed by atoms with Gasteiger partial charge in [0, 0.05) is 18.2 Å². The van der Waals surface area contributed by atoms with Crippen molar-refractivity contribution in [3.63, 3.8) is 0 Å². The van der Waals surface area contributed by atoms with Crippen molar-refractivity contribution in [1.29, 1.82) is 0 Å². The Labute approximate surface area is 227 Å². The van der Waals surface area contributed by atoms with E-state index in [9.17, 15) is 13.2 Å². The van der Waals surface area contributed by atoms with E-state index in [1.807, 2.05) is 105 Å². The largest absolute Gasteiger partial charge is 0.348 e. The molecule has 7 heteroatoms. The molecule has 0 fully saturated rings. The summed E-state index contributed by atoms with van der Waals surface area (Å²) in [6, 6.07) is 36.9. The lowest BCUT2D eigenvalue weighted by atomic mass is 10.1. The summed E-state index contributed by atoms with van der Waals surface area (Å²) in [6.07, 6.45) is 0. The van der Waals surface area contributed by atoms with Gasteiger partial charge in [-0.1, -0.05) is 123 Å². The molecule has 0 aliphatic heterocycles. The number of hydrogen-bond donors (Lipinski definition) is 2. The highest BCUT2D eigenvalue weighted by Crippen LogP contribution is 2.34. The van der Waals surface area contributed by atoms with Crippen LogP contribution in [0.1, 0.15) is 29.8 Å². The minimum absolute atomic E-state index is 0.0795. The van der Waals surface area contributed by atoms with Crippen LogP contribution in [0.5, 0.6) is 0 Å². The van der Waals surface area contributed by atoms with Gasteiger partial charge in [-0.2, -0.15) is 0 Å². The highest BCUT2D eigenvalue weighted by molar-refractivity contribution is 7.89. The van der Waals surface area contributed by atoms with E-state index >= 15 is 0 Å². The van der Waals surface area contributed by atoms with E-state index in [2.05, 4.69) is 34.3 Å². The predicted molar refractivity (Wildman–Crippen MR) is 158 cm³/mol. The minimum Gasteiger partial charge on any atom is -0.348 e. The monoisotopic (exact) mass is 544 g/mol. The fourth-order valence-electron chi connectivity index (χ4n) is 4.17. The Morgan fingerprint density at radius 3 is 1.79 bits per heavy atom. The normalized spacial score (nSPS) is 12.4. The molecule has 0 aliphatic rings. The molecule has 0 heterocycles. The summed E-state index contributed by atoms with van der Waals surface area (Å²) in [4.78, 5) is 13.7. The van der Waals surface area contributed by atoms with Crippen molar-refractivity contribution in [2.75, 3.05) is 5.75 Å². The van der Waals surface area contributed by atoms with Crippen LogP contribution in [0.25, 0.3) is 0 Å². The topological polar surface area (TPSA) is 75.3 Å². The second-order valence-electron chi connectivity index (χ2n) is 9.44. The average Bonchev–Trinajstić information content (AvgIpc) is 2.94. The fraction of sp³-hybridized carbons (Fsp3) is 0.194. The standard InChI is InChI=1S/C31H33N2O3PS/c1-24(2)29(23-38(35,36)32-22-25-14-6-3-7-15-25)33-31(34)28-20-12-13-21-30(28)37(26-16-8-4-9-17-26)27-18-10-5-11-19-27/h3-21,24,29,32H,22-23H2,1-2H3,(H,33,34)/t29-/m1/s1. The summed E-state index contributed by atoms with van der Waals surface area (Å²) < 4.78 is 28.5. The smallest absolute Gasteiger partial charge is 0.252 e. The van der Waals surface area contributed by atoms with Crippen LogP contribution in [0.2, 0.25) is 0 Å². The Morgan fingerprint density at radius 1 is 0.737 bits per heavy atom. The zero-order valence-electron chi connectivity index (χ0n) is 21.6. The van der Waals surface area contributed by atoms with Crippen molar-refractivity contribution >= 4 is 39.8 Å². The maximum atomic E-state index is 13.7. The lowest BCUT2D eigenvalue weighted by Gasteiger charge is -2.25. The Hall–Kier alpha value is -3.31. The molecular formula is C31H33N2O3PS. The zero-order valence-corrected chi connectivity index (χ0v) is 23.3. The quantitative estimate of drug-likeness (QED) is 0.276. The number of benzene rings is 4. The van der Waals surface area contributed by atoms with Crippen LogP contribution in [-0.2, 0) is 16.6 Å². The van der Waals surface area contributed by atoms with Gasteiger partial charge in [0.05, 0.1) is 5.75 Å². The van der Waals surface area contributed by atoms with Gasteiger partial charge in [0.1, 0.15) is 0 Å². The first-order valence-electron chi connectivity index (χ1n) is 12.7. The predicted octanol–water partition coefficient (Wildman–Crippen LogP) is 4.32. The molecule has 0 unspecified atom stereocenters. The van der Waals surface area contributed by atoms with Crippen LogP contribution in [0.15, 0.2) is 115 Å². The number of amides is 1. The molecule has 0 radical (unpaired) electrons. The summed E-state index contributed by atoms with van der Waals surface area (Å²) in [5, 5.41) is 6.25. The zero-order chi connectivity index (χ0) is 27.0. The fourth-order valence-corrected chi connectivity index (χ4v) is 8.07. The molecule has 2 N–H and O–H groups in total.